The largest absolute Gasteiger partial charge is 0.481 e. The minimum atomic E-state index is -0.616. The van der Waals surface area contributed by atoms with E-state index < -0.39 is 6.10 Å². The zero-order chi connectivity index (χ0) is 28.5. The average Bonchev–Trinajstić information content (AvgIpc) is 2.94. The summed E-state index contributed by atoms with van der Waals surface area (Å²) in [5, 5.41) is 20.6. The van der Waals surface area contributed by atoms with Crippen molar-refractivity contribution in [2.24, 2.45) is 0 Å². The molecule has 0 amide bonds. The van der Waals surface area contributed by atoms with Crippen LogP contribution in [0.3, 0.4) is 0 Å². The summed E-state index contributed by atoms with van der Waals surface area (Å²) >= 11 is 0. The first kappa shape index (κ1) is 29.9. The summed E-state index contributed by atoms with van der Waals surface area (Å²) in [4.78, 5) is 13.4. The predicted octanol–water partition coefficient (Wildman–Crippen LogP) is 3.98. The van der Waals surface area contributed by atoms with Gasteiger partial charge in [0.2, 0.25) is 11.8 Å². The van der Waals surface area contributed by atoms with Gasteiger partial charge in [0.25, 0.3) is 0 Å². The summed E-state index contributed by atoms with van der Waals surface area (Å²) in [5.41, 5.74) is 13.2. The Hall–Kier alpha value is -3.60. The molecule has 0 saturated carbocycles. The van der Waals surface area contributed by atoms with E-state index in [0.717, 1.165) is 34.6 Å². The number of halogens is 1. The normalized spacial score (nSPS) is 16.4. The third-order valence-corrected chi connectivity index (χ3v) is 6.57. The third-order valence-electron chi connectivity index (χ3n) is 6.57. The summed E-state index contributed by atoms with van der Waals surface area (Å²) in [7, 11) is 3.12. The van der Waals surface area contributed by atoms with Gasteiger partial charge in [-0.2, -0.15) is 0 Å². The van der Waals surface area contributed by atoms with Crippen LogP contribution in [-0.2, 0) is 11.2 Å². The molecular formula is C29H38FN5O4. The Balaban J connectivity index is 0.000000459. The Kier molecular flexibility index (Phi) is 10.7. The molecule has 9 nitrogen and oxygen atoms in total. The van der Waals surface area contributed by atoms with E-state index in [-0.39, 0.29) is 24.4 Å². The lowest BCUT2D eigenvalue weighted by molar-refractivity contribution is 0.0620. The fraction of sp³-hybridized carbons (Fsp3) is 0.414. The fourth-order valence-corrected chi connectivity index (χ4v) is 4.40. The van der Waals surface area contributed by atoms with Crippen LogP contribution >= 0.6 is 0 Å². The maximum atomic E-state index is 14.3. The van der Waals surface area contributed by atoms with Crippen LogP contribution in [0.5, 0.6) is 5.88 Å². The number of hydrogen-bond acceptors (Lipinski definition) is 9. The standard InChI is InChI=1S/C24H26FN5O.C5H12O3/c1-5-13(2)23-22-14(3)27-24(26)30-20(22)12-19(29-23)16-10-9-15(25)11-17(16)18-7-6-8-21(28-18)31-4;1-8-3-2-5(7)4-6/h6-11,19,29H,5,12H2,1-4H3,(H2,26,27,30);5-7H,2-4H2,1H3/b23-13+;. The van der Waals surface area contributed by atoms with Gasteiger partial charge < -0.3 is 30.7 Å². The number of rotatable bonds is 8. The van der Waals surface area contributed by atoms with Gasteiger partial charge in [-0.15, -0.1) is 0 Å². The summed E-state index contributed by atoms with van der Waals surface area (Å²) in [6, 6.07) is 10.2. The zero-order valence-electron chi connectivity index (χ0n) is 23.2. The molecule has 4 rings (SSSR count). The first-order valence-electron chi connectivity index (χ1n) is 12.9. The van der Waals surface area contributed by atoms with Gasteiger partial charge in [-0.3, -0.25) is 0 Å². The highest BCUT2D eigenvalue weighted by Gasteiger charge is 2.29. The number of aliphatic hydroxyl groups is 2. The molecule has 0 fully saturated rings. The summed E-state index contributed by atoms with van der Waals surface area (Å²) in [6.45, 7) is 6.49. The SMILES string of the molecule is CC/C(C)=C1/NC(c2ccc(F)cc2-c2cccc(OC)n2)Cc2nc(N)nc(C)c21.COCCC(O)CO. The minimum absolute atomic E-state index is 0.124. The van der Waals surface area contributed by atoms with Gasteiger partial charge in [0.05, 0.1) is 42.9 Å². The number of hydrogen-bond donors (Lipinski definition) is 4. The number of nitrogens with two attached hydrogens (primary N) is 1. The van der Waals surface area contributed by atoms with E-state index >= 15 is 0 Å². The number of pyridine rings is 1. The van der Waals surface area contributed by atoms with Crippen LogP contribution in [0.25, 0.3) is 17.0 Å². The molecule has 0 saturated heterocycles. The number of benzene rings is 1. The van der Waals surface area contributed by atoms with Crippen molar-refractivity contribution < 1.29 is 24.1 Å². The maximum absolute atomic E-state index is 14.3. The van der Waals surface area contributed by atoms with Gasteiger partial charge >= 0.3 is 0 Å². The van der Waals surface area contributed by atoms with E-state index in [1.54, 1.807) is 20.3 Å². The van der Waals surface area contributed by atoms with Gasteiger partial charge in [0.15, 0.2) is 0 Å². The summed E-state index contributed by atoms with van der Waals surface area (Å²) in [6.07, 6.45) is 1.38. The second-order valence-electron chi connectivity index (χ2n) is 9.31. The van der Waals surface area contributed by atoms with Crippen LogP contribution in [0.15, 0.2) is 42.0 Å². The van der Waals surface area contributed by atoms with E-state index in [0.29, 0.717) is 36.6 Å². The monoisotopic (exact) mass is 539 g/mol. The van der Waals surface area contributed by atoms with Crippen LogP contribution < -0.4 is 15.8 Å². The van der Waals surface area contributed by atoms with E-state index in [2.05, 4.69) is 38.9 Å². The molecule has 0 bridgehead atoms. The van der Waals surface area contributed by atoms with Crippen molar-refractivity contribution in [3.8, 4) is 17.1 Å². The van der Waals surface area contributed by atoms with Gasteiger partial charge in [-0.25, -0.2) is 19.3 Å². The number of nitrogens with one attached hydrogen (secondary N) is 1. The lowest BCUT2D eigenvalue weighted by Gasteiger charge is -2.32. The Morgan fingerprint density at radius 2 is 1.97 bits per heavy atom. The number of aliphatic hydroxyl groups excluding tert-OH is 2. The van der Waals surface area contributed by atoms with Crippen molar-refractivity contribution in [3.05, 3.63) is 70.3 Å². The molecule has 2 atom stereocenters. The van der Waals surface area contributed by atoms with Gasteiger partial charge in [0, 0.05) is 43.0 Å². The molecule has 2 unspecified atom stereocenters. The van der Waals surface area contributed by atoms with Crippen LogP contribution in [-0.4, -0.2) is 58.7 Å². The first-order chi connectivity index (χ1) is 18.7. The molecule has 1 aromatic carbocycles. The molecule has 1 aliphatic rings. The Labute approximate surface area is 228 Å². The molecule has 0 spiro atoms. The summed E-state index contributed by atoms with van der Waals surface area (Å²) in [5.74, 6) is 0.426. The molecule has 0 aliphatic carbocycles. The second-order valence-corrected chi connectivity index (χ2v) is 9.31. The van der Waals surface area contributed by atoms with Crippen LogP contribution in [0.4, 0.5) is 10.3 Å². The zero-order valence-corrected chi connectivity index (χ0v) is 23.2. The topological polar surface area (TPSA) is 136 Å². The molecule has 3 heterocycles. The van der Waals surface area contributed by atoms with Crippen molar-refractivity contribution in [1.29, 1.82) is 0 Å². The van der Waals surface area contributed by atoms with E-state index in [4.69, 9.17) is 20.7 Å². The van der Waals surface area contributed by atoms with E-state index in [9.17, 15) is 4.39 Å². The average molecular weight is 540 g/mol. The number of allylic oxidation sites excluding steroid dienone is 1. The number of aromatic nitrogens is 3. The molecule has 210 valence electrons. The molecule has 2 aromatic heterocycles. The molecule has 10 heteroatoms. The highest BCUT2D eigenvalue weighted by atomic mass is 19.1. The molecule has 1 aliphatic heterocycles. The Morgan fingerprint density at radius 1 is 1.21 bits per heavy atom. The number of methoxy groups -OCH3 is 2. The van der Waals surface area contributed by atoms with Crippen LogP contribution in [0.2, 0.25) is 0 Å². The van der Waals surface area contributed by atoms with E-state index in [1.165, 1.54) is 17.7 Å². The lowest BCUT2D eigenvalue weighted by atomic mass is 9.87. The smallest absolute Gasteiger partial charge is 0.220 e. The highest BCUT2D eigenvalue weighted by Crippen LogP contribution is 2.38. The van der Waals surface area contributed by atoms with Crippen molar-refractivity contribution in [1.82, 2.24) is 20.3 Å². The quantitative estimate of drug-likeness (QED) is 0.335. The number of nitrogens with zero attached hydrogens (tertiary/aromatic N) is 3. The lowest BCUT2D eigenvalue weighted by Crippen LogP contribution is -2.31. The second kappa shape index (κ2) is 14.0. The molecular weight excluding hydrogens is 501 g/mol. The van der Waals surface area contributed by atoms with Gasteiger partial charge in [-0.1, -0.05) is 19.1 Å². The fourth-order valence-electron chi connectivity index (χ4n) is 4.40. The number of nitrogen functional groups attached to an aromatic ring is 1. The number of ether oxygens (including phenoxy) is 2. The van der Waals surface area contributed by atoms with Crippen molar-refractivity contribution in [3.63, 3.8) is 0 Å². The first-order valence-corrected chi connectivity index (χ1v) is 12.9. The predicted molar refractivity (Wildman–Crippen MR) is 149 cm³/mol. The molecule has 3 aromatic rings. The van der Waals surface area contributed by atoms with Crippen molar-refractivity contribution in [2.45, 2.75) is 52.2 Å². The highest BCUT2D eigenvalue weighted by molar-refractivity contribution is 5.74. The Morgan fingerprint density at radius 3 is 2.64 bits per heavy atom. The van der Waals surface area contributed by atoms with Crippen LogP contribution in [0, 0.1) is 12.7 Å². The molecule has 0 radical (unpaired) electrons. The number of anilines is 1. The maximum Gasteiger partial charge on any atom is 0.220 e. The summed E-state index contributed by atoms with van der Waals surface area (Å²) < 4.78 is 24.2. The minimum Gasteiger partial charge on any atom is -0.481 e. The van der Waals surface area contributed by atoms with Gasteiger partial charge in [-0.05, 0) is 56.0 Å². The Bertz CT molecular complexity index is 1300. The number of fused-ring (bicyclic) bond motifs is 1. The van der Waals surface area contributed by atoms with E-state index in [1.807, 2.05) is 25.1 Å². The van der Waals surface area contributed by atoms with Gasteiger partial charge in [0.1, 0.15) is 5.82 Å². The van der Waals surface area contributed by atoms with Crippen molar-refractivity contribution >= 4 is 11.6 Å². The van der Waals surface area contributed by atoms with Crippen molar-refractivity contribution in [2.75, 3.05) is 33.2 Å². The molecule has 5 N–H and O–H groups in total. The number of aryl methyl sites for hydroxylation is 1. The van der Waals surface area contributed by atoms with Crippen LogP contribution in [0.1, 0.15) is 55.2 Å². The third kappa shape index (κ3) is 7.50. The molecule has 39 heavy (non-hydrogen) atoms.